The maximum absolute atomic E-state index is 5.40. The first-order valence-corrected chi connectivity index (χ1v) is 7.48. The van der Waals surface area contributed by atoms with Crippen LogP contribution in [0.4, 0.5) is 0 Å². The van der Waals surface area contributed by atoms with Gasteiger partial charge in [0.25, 0.3) is 0 Å². The zero-order valence-electron chi connectivity index (χ0n) is 5.32. The van der Waals surface area contributed by atoms with Gasteiger partial charge >= 0.3 is 0 Å². The standard InChI is InChI=1S/C4H13OSi2/c1-6-5-7(2,3)4/h1,6H2,2-4H3. The molecule has 0 heterocycles. The van der Waals surface area contributed by atoms with Gasteiger partial charge in [-0.3, -0.25) is 0 Å². The molecule has 1 nitrogen and oxygen atoms in total. The van der Waals surface area contributed by atoms with Gasteiger partial charge in [-0.15, -0.1) is 0 Å². The van der Waals surface area contributed by atoms with Crippen LogP contribution in [0, 0.1) is 6.55 Å². The van der Waals surface area contributed by atoms with E-state index >= 15 is 0 Å². The Bertz CT molecular complexity index is 48.1. The molecule has 0 saturated carbocycles. The maximum atomic E-state index is 5.40. The molecule has 0 aromatic carbocycles. The third-order valence-electron chi connectivity index (χ3n) is 0.535. The summed E-state index contributed by atoms with van der Waals surface area (Å²) in [6.45, 7) is 10.3. The zero-order valence-corrected chi connectivity index (χ0v) is 7.74. The molecule has 0 fully saturated rings. The molecule has 3 heteroatoms. The molecule has 0 aromatic heterocycles. The largest absolute Gasteiger partial charge is 0.461 e. The lowest BCUT2D eigenvalue weighted by Crippen LogP contribution is -2.26. The van der Waals surface area contributed by atoms with Crippen LogP contribution in [0.25, 0.3) is 0 Å². The predicted molar refractivity (Wildman–Crippen MR) is 38.3 cm³/mol. The van der Waals surface area contributed by atoms with E-state index in [1.165, 1.54) is 0 Å². The third kappa shape index (κ3) is 6.39. The summed E-state index contributed by atoms with van der Waals surface area (Å²) < 4.78 is 5.40. The smallest absolute Gasteiger partial charge is 0.169 e. The van der Waals surface area contributed by atoms with E-state index in [1.54, 1.807) is 0 Å². The van der Waals surface area contributed by atoms with Crippen molar-refractivity contribution in [2.24, 2.45) is 0 Å². The summed E-state index contributed by atoms with van der Waals surface area (Å²) >= 11 is 0. The van der Waals surface area contributed by atoms with E-state index in [4.69, 9.17) is 4.12 Å². The SMILES string of the molecule is [CH2][SiH2]O[Si](C)(C)C. The Morgan fingerprint density at radius 1 is 1.43 bits per heavy atom. The second-order valence-electron chi connectivity index (χ2n) is 2.46. The molecule has 0 saturated heterocycles. The molecule has 0 rings (SSSR count). The summed E-state index contributed by atoms with van der Waals surface area (Å²) in [6, 6.07) is 0. The average molecular weight is 133 g/mol. The van der Waals surface area contributed by atoms with E-state index in [1.807, 2.05) is 0 Å². The van der Waals surface area contributed by atoms with Gasteiger partial charge in [-0.2, -0.15) is 0 Å². The molecule has 0 N–H and O–H groups in total. The monoisotopic (exact) mass is 133 g/mol. The van der Waals surface area contributed by atoms with Crippen LogP contribution in [-0.4, -0.2) is 18.1 Å². The van der Waals surface area contributed by atoms with Crippen LogP contribution in [-0.2, 0) is 4.12 Å². The minimum Gasteiger partial charge on any atom is -0.461 e. The van der Waals surface area contributed by atoms with Crippen molar-refractivity contribution >= 4 is 18.1 Å². The van der Waals surface area contributed by atoms with Crippen molar-refractivity contribution in [2.75, 3.05) is 0 Å². The first-order chi connectivity index (χ1) is 3.06. The summed E-state index contributed by atoms with van der Waals surface area (Å²) in [4.78, 5) is 0. The van der Waals surface area contributed by atoms with Crippen molar-refractivity contribution in [1.29, 1.82) is 0 Å². The first-order valence-electron chi connectivity index (χ1n) is 2.49. The van der Waals surface area contributed by atoms with Crippen molar-refractivity contribution in [3.63, 3.8) is 0 Å². The van der Waals surface area contributed by atoms with Crippen LogP contribution in [0.3, 0.4) is 0 Å². The van der Waals surface area contributed by atoms with E-state index in [2.05, 4.69) is 26.2 Å². The van der Waals surface area contributed by atoms with Crippen LogP contribution >= 0.6 is 0 Å². The molecule has 0 unspecified atom stereocenters. The molecular weight excluding hydrogens is 120 g/mol. The van der Waals surface area contributed by atoms with Gasteiger partial charge in [0, 0.05) is 0 Å². The fourth-order valence-corrected chi connectivity index (χ4v) is 2.76. The molecular formula is C4H13OSi2. The minimum atomic E-state index is -1.16. The first kappa shape index (κ1) is 7.39. The highest BCUT2D eigenvalue weighted by atomic mass is 28.4. The molecule has 0 aliphatic heterocycles. The van der Waals surface area contributed by atoms with Crippen molar-refractivity contribution in [2.45, 2.75) is 19.6 Å². The Morgan fingerprint density at radius 2 is 1.86 bits per heavy atom. The predicted octanol–water partition coefficient (Wildman–Crippen LogP) is 0.713. The number of rotatable bonds is 2. The Hall–Kier alpha value is 0.394. The van der Waals surface area contributed by atoms with Gasteiger partial charge < -0.3 is 4.12 Å². The molecule has 43 valence electrons. The summed E-state index contributed by atoms with van der Waals surface area (Å²) in [5, 5.41) is 0. The highest BCUT2D eigenvalue weighted by molar-refractivity contribution is 6.74. The highest BCUT2D eigenvalue weighted by Crippen LogP contribution is 1.98. The van der Waals surface area contributed by atoms with Crippen LogP contribution in [0.5, 0.6) is 0 Å². The van der Waals surface area contributed by atoms with E-state index < -0.39 is 8.32 Å². The summed E-state index contributed by atoms with van der Waals surface area (Å²) in [7, 11) is -1.54. The maximum Gasteiger partial charge on any atom is 0.169 e. The fraction of sp³-hybridized carbons (Fsp3) is 0.750. The van der Waals surface area contributed by atoms with Gasteiger partial charge in [-0.1, -0.05) is 0 Å². The molecule has 0 atom stereocenters. The fourth-order valence-electron chi connectivity index (χ4n) is 0.306. The average Bonchev–Trinajstić information content (AvgIpc) is 1.30. The van der Waals surface area contributed by atoms with Crippen molar-refractivity contribution in [3.8, 4) is 0 Å². The second-order valence-corrected chi connectivity index (χ2v) is 8.25. The summed E-state index contributed by atoms with van der Waals surface area (Å²) in [6.07, 6.45) is 0. The van der Waals surface area contributed by atoms with Gasteiger partial charge in [0.15, 0.2) is 8.32 Å². The normalized spacial score (nSPS) is 13.7. The van der Waals surface area contributed by atoms with E-state index in [0.29, 0.717) is 0 Å². The van der Waals surface area contributed by atoms with Gasteiger partial charge in [-0.25, -0.2) is 0 Å². The van der Waals surface area contributed by atoms with Crippen LogP contribution in [0.2, 0.25) is 19.6 Å². The quantitative estimate of drug-likeness (QED) is 0.504. The van der Waals surface area contributed by atoms with E-state index in [9.17, 15) is 0 Å². The molecule has 0 aliphatic carbocycles. The van der Waals surface area contributed by atoms with Crippen molar-refractivity contribution < 1.29 is 4.12 Å². The van der Waals surface area contributed by atoms with Gasteiger partial charge in [0.05, 0.1) is 0 Å². The summed E-state index contributed by atoms with van der Waals surface area (Å²) in [5.74, 6) is 0. The number of hydrogen-bond acceptors (Lipinski definition) is 1. The molecule has 0 aliphatic rings. The highest BCUT2D eigenvalue weighted by Gasteiger charge is 2.10. The number of hydrogen-bond donors (Lipinski definition) is 0. The Balaban J connectivity index is 3.15. The van der Waals surface area contributed by atoms with E-state index in [0.717, 1.165) is 0 Å². The molecule has 0 aromatic rings. The lowest BCUT2D eigenvalue weighted by atomic mass is 11.8. The van der Waals surface area contributed by atoms with Gasteiger partial charge in [0.1, 0.15) is 9.76 Å². The van der Waals surface area contributed by atoms with Crippen molar-refractivity contribution in [3.05, 3.63) is 6.55 Å². The Kier molecular flexibility index (Phi) is 2.79. The molecule has 0 bridgehead atoms. The van der Waals surface area contributed by atoms with Crippen LogP contribution in [0.15, 0.2) is 0 Å². The van der Waals surface area contributed by atoms with E-state index in [-0.39, 0.29) is 9.76 Å². The lowest BCUT2D eigenvalue weighted by Gasteiger charge is -2.14. The van der Waals surface area contributed by atoms with Gasteiger partial charge in [0.2, 0.25) is 0 Å². The zero-order chi connectivity index (χ0) is 5.91. The minimum absolute atomic E-state index is 0.378. The topological polar surface area (TPSA) is 9.23 Å². The van der Waals surface area contributed by atoms with Crippen LogP contribution in [0.1, 0.15) is 0 Å². The van der Waals surface area contributed by atoms with Crippen LogP contribution < -0.4 is 0 Å². The van der Waals surface area contributed by atoms with Crippen molar-refractivity contribution in [1.82, 2.24) is 0 Å². The molecule has 1 radical (unpaired) electrons. The lowest BCUT2D eigenvalue weighted by molar-refractivity contribution is 0.607. The Labute approximate surface area is 49.1 Å². The third-order valence-corrected chi connectivity index (χ3v) is 4.82. The molecule has 0 spiro atoms. The summed E-state index contributed by atoms with van der Waals surface area (Å²) in [5.41, 5.74) is 0. The van der Waals surface area contributed by atoms with Gasteiger partial charge in [-0.05, 0) is 26.2 Å². The second kappa shape index (κ2) is 2.64. The molecule has 0 amide bonds. The molecule has 7 heavy (non-hydrogen) atoms. The Morgan fingerprint density at radius 3 is 1.86 bits per heavy atom.